The molecule has 1 aromatic carbocycles. The van der Waals surface area contributed by atoms with Gasteiger partial charge >= 0.3 is 11.4 Å². The second kappa shape index (κ2) is 3.69. The molecule has 0 amide bonds. The van der Waals surface area contributed by atoms with Crippen molar-refractivity contribution in [1.82, 2.24) is 15.2 Å². The maximum atomic E-state index is 11.7. The Morgan fingerprint density at radius 1 is 1.28 bits per heavy atom. The van der Waals surface area contributed by atoms with Crippen molar-refractivity contribution in [3.8, 4) is 11.3 Å². The van der Waals surface area contributed by atoms with E-state index < -0.39 is 11.4 Å². The topological polar surface area (TPSA) is 91.8 Å². The van der Waals surface area contributed by atoms with Gasteiger partial charge in [-0.2, -0.15) is 5.10 Å². The Morgan fingerprint density at radius 3 is 2.83 bits per heavy atom. The van der Waals surface area contributed by atoms with E-state index in [9.17, 15) is 9.59 Å². The van der Waals surface area contributed by atoms with E-state index in [-0.39, 0.29) is 0 Å². The number of nitrogens with zero attached hydrogens (tertiary/aromatic N) is 1. The number of aromatic nitrogens is 3. The zero-order valence-corrected chi connectivity index (χ0v) is 9.48. The summed E-state index contributed by atoms with van der Waals surface area (Å²) in [7, 11) is 0. The fourth-order valence-electron chi connectivity index (χ4n) is 1.95. The number of rotatable bonds is 1. The van der Waals surface area contributed by atoms with Gasteiger partial charge in [0.15, 0.2) is 0 Å². The van der Waals surface area contributed by atoms with Gasteiger partial charge in [-0.15, -0.1) is 0 Å². The summed E-state index contributed by atoms with van der Waals surface area (Å²) in [5.74, 6) is -0.747. The first kappa shape index (κ1) is 10.5. The molecule has 0 radical (unpaired) electrons. The van der Waals surface area contributed by atoms with Crippen molar-refractivity contribution in [3.63, 3.8) is 0 Å². The van der Waals surface area contributed by atoms with E-state index in [4.69, 9.17) is 0 Å². The van der Waals surface area contributed by atoms with Crippen LogP contribution in [-0.2, 0) is 0 Å². The van der Waals surface area contributed by atoms with Crippen molar-refractivity contribution in [3.05, 3.63) is 50.9 Å². The Hall–Kier alpha value is -2.63. The lowest BCUT2D eigenvalue weighted by atomic mass is 10.1. The maximum Gasteiger partial charge on any atom is 0.419 e. The van der Waals surface area contributed by atoms with Gasteiger partial charge in [-0.3, -0.25) is 10.1 Å². The first-order valence-electron chi connectivity index (χ1n) is 5.33. The molecule has 0 aliphatic carbocycles. The van der Waals surface area contributed by atoms with Crippen LogP contribution in [0.3, 0.4) is 0 Å². The van der Waals surface area contributed by atoms with Crippen LogP contribution in [-0.4, -0.2) is 15.2 Å². The van der Waals surface area contributed by atoms with Crippen molar-refractivity contribution < 1.29 is 4.42 Å². The number of hydrogen-bond donors (Lipinski definition) is 2. The monoisotopic (exact) mass is 243 g/mol. The highest BCUT2D eigenvalue weighted by Crippen LogP contribution is 2.22. The minimum atomic E-state index is -0.747. The molecule has 0 aliphatic heterocycles. The molecule has 6 nitrogen and oxygen atoms in total. The van der Waals surface area contributed by atoms with Crippen LogP contribution in [0.15, 0.2) is 38.4 Å². The standard InChI is InChI=1S/C12H9N3O3/c1-6-4-7(9-2-3-13-15-9)5-8-10(6)14-12(17)18-11(8)16/h2-5H,1H3,(H,13,15)(H,14,17). The lowest BCUT2D eigenvalue weighted by Crippen LogP contribution is -2.15. The molecule has 3 aromatic rings. The summed E-state index contributed by atoms with van der Waals surface area (Å²) in [6.07, 6.45) is 1.70. The lowest BCUT2D eigenvalue weighted by molar-refractivity contribution is 0.460. The molecule has 2 N–H and O–H groups in total. The summed E-state index contributed by atoms with van der Waals surface area (Å²) in [6, 6.07) is 5.31. The van der Waals surface area contributed by atoms with Gasteiger partial charge in [0.2, 0.25) is 0 Å². The molecule has 0 atom stereocenters. The predicted molar refractivity (Wildman–Crippen MR) is 65.4 cm³/mol. The molecule has 2 heterocycles. The normalized spacial score (nSPS) is 10.9. The van der Waals surface area contributed by atoms with E-state index in [2.05, 4.69) is 19.6 Å². The first-order valence-corrected chi connectivity index (χ1v) is 5.33. The molecule has 0 saturated heterocycles. The van der Waals surface area contributed by atoms with E-state index in [1.807, 2.05) is 13.0 Å². The molecule has 90 valence electrons. The van der Waals surface area contributed by atoms with Crippen LogP contribution in [0.2, 0.25) is 0 Å². The van der Waals surface area contributed by atoms with Gasteiger partial charge in [-0.05, 0) is 30.7 Å². The van der Waals surface area contributed by atoms with Gasteiger partial charge in [-0.25, -0.2) is 9.59 Å². The number of benzene rings is 1. The highest BCUT2D eigenvalue weighted by molar-refractivity contribution is 5.85. The number of nitrogens with one attached hydrogen (secondary N) is 2. The van der Waals surface area contributed by atoms with Gasteiger partial charge in [0.1, 0.15) is 0 Å². The summed E-state index contributed by atoms with van der Waals surface area (Å²) < 4.78 is 4.52. The van der Waals surface area contributed by atoms with Gasteiger partial charge in [0.25, 0.3) is 0 Å². The average molecular weight is 243 g/mol. The summed E-state index contributed by atoms with van der Waals surface area (Å²) in [5, 5.41) is 7.10. The van der Waals surface area contributed by atoms with Crippen molar-refractivity contribution in [1.29, 1.82) is 0 Å². The zero-order valence-electron chi connectivity index (χ0n) is 9.48. The van der Waals surface area contributed by atoms with E-state index in [1.165, 1.54) is 0 Å². The summed E-state index contributed by atoms with van der Waals surface area (Å²) in [4.78, 5) is 25.3. The van der Waals surface area contributed by atoms with E-state index in [0.717, 1.165) is 16.8 Å². The third-order valence-corrected chi connectivity index (χ3v) is 2.76. The van der Waals surface area contributed by atoms with Crippen molar-refractivity contribution in [2.24, 2.45) is 0 Å². The first-order chi connectivity index (χ1) is 8.65. The van der Waals surface area contributed by atoms with Crippen LogP contribution in [0.1, 0.15) is 5.56 Å². The molecular formula is C12H9N3O3. The number of fused-ring (bicyclic) bond motifs is 1. The number of aryl methyl sites for hydroxylation is 1. The molecule has 2 aromatic heterocycles. The molecule has 18 heavy (non-hydrogen) atoms. The molecule has 6 heteroatoms. The largest absolute Gasteiger partial charge is 0.419 e. The third-order valence-electron chi connectivity index (χ3n) is 2.76. The summed E-state index contributed by atoms with van der Waals surface area (Å²) in [6.45, 7) is 1.81. The van der Waals surface area contributed by atoms with Gasteiger partial charge in [0.05, 0.1) is 16.6 Å². The molecule has 0 bridgehead atoms. The van der Waals surface area contributed by atoms with Gasteiger partial charge in [0, 0.05) is 11.8 Å². The Morgan fingerprint density at radius 2 is 2.11 bits per heavy atom. The predicted octanol–water partition coefficient (Wildman–Crippen LogP) is 1.18. The van der Waals surface area contributed by atoms with Crippen LogP contribution in [0.5, 0.6) is 0 Å². The van der Waals surface area contributed by atoms with Gasteiger partial charge < -0.3 is 4.42 Å². The fourth-order valence-corrected chi connectivity index (χ4v) is 1.95. The van der Waals surface area contributed by atoms with Gasteiger partial charge in [-0.1, -0.05) is 0 Å². The SMILES string of the molecule is Cc1cc(-c2cc[nH]n2)cc2c(=O)oc(=O)[nH]c12. The molecule has 0 aliphatic rings. The maximum absolute atomic E-state index is 11.7. The van der Waals surface area contributed by atoms with E-state index in [0.29, 0.717) is 10.9 Å². The lowest BCUT2D eigenvalue weighted by Gasteiger charge is -2.03. The quantitative estimate of drug-likeness (QED) is 0.671. The van der Waals surface area contributed by atoms with Crippen molar-refractivity contribution in [2.45, 2.75) is 6.92 Å². The Bertz CT molecular complexity index is 828. The van der Waals surface area contributed by atoms with Crippen LogP contribution in [0.25, 0.3) is 22.2 Å². The Kier molecular flexibility index (Phi) is 2.16. The molecular weight excluding hydrogens is 234 g/mol. The highest BCUT2D eigenvalue weighted by Gasteiger charge is 2.09. The summed E-state index contributed by atoms with van der Waals surface area (Å²) >= 11 is 0. The molecule has 0 unspecified atom stereocenters. The molecule has 3 rings (SSSR count). The average Bonchev–Trinajstić information content (AvgIpc) is 2.83. The summed E-state index contributed by atoms with van der Waals surface area (Å²) in [5.41, 5.74) is 2.16. The molecule has 0 fully saturated rings. The number of aromatic amines is 2. The van der Waals surface area contributed by atoms with Crippen LogP contribution >= 0.6 is 0 Å². The fraction of sp³-hybridized carbons (Fsp3) is 0.0833. The van der Waals surface area contributed by atoms with E-state index in [1.54, 1.807) is 18.3 Å². The van der Waals surface area contributed by atoms with Crippen molar-refractivity contribution >= 4 is 10.9 Å². The van der Waals surface area contributed by atoms with Crippen LogP contribution in [0, 0.1) is 6.92 Å². The smallest absolute Gasteiger partial charge is 0.372 e. The molecule has 0 spiro atoms. The Balaban J connectivity index is 2.41. The number of H-pyrrole nitrogens is 2. The second-order valence-corrected chi connectivity index (χ2v) is 3.98. The Labute approximate surface area is 100 Å². The number of hydrogen-bond acceptors (Lipinski definition) is 4. The second-order valence-electron chi connectivity index (χ2n) is 3.98. The van der Waals surface area contributed by atoms with Crippen LogP contribution in [0.4, 0.5) is 0 Å². The van der Waals surface area contributed by atoms with Crippen molar-refractivity contribution in [2.75, 3.05) is 0 Å². The minimum Gasteiger partial charge on any atom is -0.372 e. The highest BCUT2D eigenvalue weighted by atomic mass is 16.4. The zero-order chi connectivity index (χ0) is 12.7. The third kappa shape index (κ3) is 1.55. The van der Waals surface area contributed by atoms with Crippen LogP contribution < -0.4 is 11.4 Å². The van der Waals surface area contributed by atoms with E-state index >= 15 is 0 Å². The molecule has 0 saturated carbocycles. The minimum absolute atomic E-state index is 0.340.